The number of hydrogen-bond acceptors (Lipinski definition) is 4. The lowest BCUT2D eigenvalue weighted by Crippen LogP contribution is -2.36. The molecule has 5 nitrogen and oxygen atoms in total. The smallest absolute Gasteiger partial charge is 0.362 e. The van der Waals surface area contributed by atoms with Crippen LogP contribution in [0, 0.1) is 6.92 Å². The van der Waals surface area contributed by atoms with Crippen LogP contribution in [0.25, 0.3) is 0 Å². The van der Waals surface area contributed by atoms with Gasteiger partial charge in [-0.3, -0.25) is 9.59 Å². The van der Waals surface area contributed by atoms with Crippen molar-refractivity contribution in [2.24, 2.45) is 0 Å². The first-order chi connectivity index (χ1) is 15.2. The molecule has 1 amide bonds. The van der Waals surface area contributed by atoms with E-state index in [1.807, 2.05) is 0 Å². The molecule has 1 atom stereocenters. The molecule has 1 aliphatic carbocycles. The molecule has 2 heterocycles. The highest BCUT2D eigenvalue weighted by Gasteiger charge is 2.43. The number of hydrogen-bond donors (Lipinski definition) is 2. The van der Waals surface area contributed by atoms with Gasteiger partial charge in [0.2, 0.25) is 0 Å². The largest absolute Gasteiger partial charge is 0.416 e. The van der Waals surface area contributed by atoms with Crippen molar-refractivity contribution in [1.82, 2.24) is 10.3 Å². The van der Waals surface area contributed by atoms with Gasteiger partial charge >= 0.3 is 6.18 Å². The Morgan fingerprint density at radius 1 is 1.09 bits per heavy atom. The number of rotatable bonds is 3. The fourth-order valence-electron chi connectivity index (χ4n) is 4.40. The van der Waals surface area contributed by atoms with E-state index in [4.69, 9.17) is 0 Å². The monoisotopic (exact) mass is 441 g/mol. The second-order valence-electron chi connectivity index (χ2n) is 7.97. The lowest BCUT2D eigenvalue weighted by Gasteiger charge is -2.35. The maximum Gasteiger partial charge on any atom is 0.416 e. The Hall–Kier alpha value is -3.42. The predicted molar refractivity (Wildman–Crippen MR) is 114 cm³/mol. The number of halogens is 3. The number of benzene rings is 1. The minimum absolute atomic E-state index is 0.0824. The summed E-state index contributed by atoms with van der Waals surface area (Å²) in [6, 6.07) is 10.2. The van der Waals surface area contributed by atoms with E-state index in [2.05, 4.69) is 15.6 Å². The summed E-state index contributed by atoms with van der Waals surface area (Å²) in [4.78, 5) is 30.5. The van der Waals surface area contributed by atoms with Gasteiger partial charge < -0.3 is 10.6 Å². The molecular formula is C24H22F3N3O2. The normalized spacial score (nSPS) is 18.9. The topological polar surface area (TPSA) is 71.1 Å². The SMILES string of the molecule is CC1=C(C(=O)Nc2cccc(C)n2)[C@H](c2ccccc2C(F)(F)F)C2=C(CCCC2=O)N1. The number of carbonyl (C=O) groups is 2. The molecular weight excluding hydrogens is 419 g/mol. The Morgan fingerprint density at radius 3 is 2.56 bits per heavy atom. The zero-order valence-corrected chi connectivity index (χ0v) is 17.6. The van der Waals surface area contributed by atoms with E-state index in [0.717, 1.165) is 6.07 Å². The number of nitrogens with zero attached hydrogens (tertiary/aromatic N) is 1. The molecule has 2 aliphatic rings. The lowest BCUT2D eigenvalue weighted by molar-refractivity contribution is -0.138. The van der Waals surface area contributed by atoms with E-state index in [0.29, 0.717) is 29.9 Å². The quantitative estimate of drug-likeness (QED) is 0.702. The fraction of sp³-hybridized carbons (Fsp3) is 0.292. The van der Waals surface area contributed by atoms with Gasteiger partial charge in [0.1, 0.15) is 5.82 Å². The van der Waals surface area contributed by atoms with Crippen molar-refractivity contribution in [2.45, 2.75) is 45.2 Å². The molecule has 0 spiro atoms. The minimum atomic E-state index is -4.63. The summed E-state index contributed by atoms with van der Waals surface area (Å²) in [5.41, 5.74) is 1.05. The van der Waals surface area contributed by atoms with E-state index in [1.54, 1.807) is 32.0 Å². The second-order valence-corrected chi connectivity index (χ2v) is 7.97. The van der Waals surface area contributed by atoms with Crippen LogP contribution in [0.1, 0.15) is 48.9 Å². The maximum absolute atomic E-state index is 13.9. The van der Waals surface area contributed by atoms with Gasteiger partial charge in [-0.05, 0) is 50.5 Å². The number of allylic oxidation sites excluding steroid dienone is 3. The van der Waals surface area contributed by atoms with Crippen molar-refractivity contribution in [3.8, 4) is 0 Å². The number of aryl methyl sites for hydroxylation is 1. The molecule has 1 aromatic carbocycles. The van der Waals surface area contributed by atoms with Crippen molar-refractivity contribution >= 4 is 17.5 Å². The van der Waals surface area contributed by atoms with Crippen LogP contribution in [0.4, 0.5) is 19.0 Å². The molecule has 8 heteroatoms. The summed E-state index contributed by atoms with van der Waals surface area (Å²) < 4.78 is 41.7. The van der Waals surface area contributed by atoms with Gasteiger partial charge in [0.25, 0.3) is 5.91 Å². The first-order valence-electron chi connectivity index (χ1n) is 10.3. The summed E-state index contributed by atoms with van der Waals surface area (Å²) in [6.45, 7) is 3.41. The van der Waals surface area contributed by atoms with Crippen LogP contribution >= 0.6 is 0 Å². The number of aromatic nitrogens is 1. The number of alkyl halides is 3. The molecule has 1 aliphatic heterocycles. The first kappa shape index (κ1) is 21.8. The summed E-state index contributed by atoms with van der Waals surface area (Å²) >= 11 is 0. The highest BCUT2D eigenvalue weighted by atomic mass is 19.4. The highest BCUT2D eigenvalue weighted by Crippen LogP contribution is 2.46. The number of Topliss-reactive ketones (excluding diaryl/α,β-unsaturated/α-hetero) is 1. The average Bonchev–Trinajstić information content (AvgIpc) is 2.72. The molecule has 0 unspecified atom stereocenters. The van der Waals surface area contributed by atoms with Gasteiger partial charge in [-0.25, -0.2) is 4.98 Å². The lowest BCUT2D eigenvalue weighted by atomic mass is 9.73. The summed E-state index contributed by atoms with van der Waals surface area (Å²) in [5.74, 6) is -1.68. The Morgan fingerprint density at radius 2 is 1.84 bits per heavy atom. The van der Waals surface area contributed by atoms with Gasteiger partial charge in [-0.1, -0.05) is 24.3 Å². The maximum atomic E-state index is 13.9. The number of pyridine rings is 1. The van der Waals surface area contributed by atoms with E-state index >= 15 is 0 Å². The fourth-order valence-corrected chi connectivity index (χ4v) is 4.40. The highest BCUT2D eigenvalue weighted by molar-refractivity contribution is 6.09. The van der Waals surface area contributed by atoms with Crippen LogP contribution in [0.3, 0.4) is 0 Å². The molecule has 0 saturated carbocycles. The number of amides is 1. The molecule has 1 aromatic heterocycles. The van der Waals surface area contributed by atoms with Crippen LogP contribution in [-0.2, 0) is 15.8 Å². The summed E-state index contributed by atoms with van der Waals surface area (Å²) in [5, 5.41) is 5.80. The molecule has 0 bridgehead atoms. The number of nitrogens with one attached hydrogen (secondary N) is 2. The zero-order valence-electron chi connectivity index (χ0n) is 17.6. The van der Waals surface area contributed by atoms with Crippen molar-refractivity contribution in [2.75, 3.05) is 5.32 Å². The van der Waals surface area contributed by atoms with Crippen molar-refractivity contribution in [3.05, 3.63) is 81.8 Å². The van der Waals surface area contributed by atoms with Crippen LogP contribution in [0.15, 0.2) is 65.0 Å². The predicted octanol–water partition coefficient (Wildman–Crippen LogP) is 5.02. The second kappa shape index (κ2) is 8.26. The van der Waals surface area contributed by atoms with Crippen molar-refractivity contribution < 1.29 is 22.8 Å². The van der Waals surface area contributed by atoms with E-state index < -0.39 is 23.6 Å². The van der Waals surface area contributed by atoms with Crippen LogP contribution in [-0.4, -0.2) is 16.7 Å². The van der Waals surface area contributed by atoms with Gasteiger partial charge in [-0.15, -0.1) is 0 Å². The van der Waals surface area contributed by atoms with Gasteiger partial charge in [-0.2, -0.15) is 13.2 Å². The minimum Gasteiger partial charge on any atom is -0.362 e. The van der Waals surface area contributed by atoms with Crippen molar-refractivity contribution in [1.29, 1.82) is 0 Å². The number of anilines is 1. The molecule has 2 aromatic rings. The Labute approximate surface area is 183 Å². The Bertz CT molecular complexity index is 1170. The average molecular weight is 441 g/mol. The molecule has 32 heavy (non-hydrogen) atoms. The first-order valence-corrected chi connectivity index (χ1v) is 10.3. The van der Waals surface area contributed by atoms with Crippen LogP contribution in [0.2, 0.25) is 0 Å². The molecule has 166 valence electrons. The third kappa shape index (κ3) is 4.04. The third-order valence-electron chi connectivity index (χ3n) is 5.73. The summed E-state index contributed by atoms with van der Waals surface area (Å²) in [7, 11) is 0. The Balaban J connectivity index is 1.87. The number of dihydropyridines is 1. The van der Waals surface area contributed by atoms with Crippen molar-refractivity contribution in [3.63, 3.8) is 0 Å². The molecule has 2 N–H and O–H groups in total. The molecule has 0 fully saturated rings. The van der Waals surface area contributed by atoms with Crippen LogP contribution < -0.4 is 10.6 Å². The van der Waals surface area contributed by atoms with Gasteiger partial charge in [0.05, 0.1) is 5.56 Å². The molecule has 4 rings (SSSR count). The van der Waals surface area contributed by atoms with E-state index in [1.165, 1.54) is 18.2 Å². The van der Waals surface area contributed by atoms with Gasteiger partial charge in [0.15, 0.2) is 5.78 Å². The summed E-state index contributed by atoms with van der Waals surface area (Å²) in [6.07, 6.45) is -3.25. The zero-order chi connectivity index (χ0) is 23.0. The third-order valence-corrected chi connectivity index (χ3v) is 5.73. The molecule has 0 saturated heterocycles. The number of ketones is 1. The Kier molecular flexibility index (Phi) is 5.62. The van der Waals surface area contributed by atoms with E-state index in [-0.39, 0.29) is 34.7 Å². The van der Waals surface area contributed by atoms with Gasteiger partial charge in [0, 0.05) is 40.6 Å². The number of carbonyl (C=O) groups excluding carboxylic acids is 2. The molecule has 0 radical (unpaired) electrons. The van der Waals surface area contributed by atoms with Crippen LogP contribution in [0.5, 0.6) is 0 Å². The standard InChI is InChI=1S/C24H22F3N3O2/c1-13-7-5-12-19(28-13)30-23(32)20-14(2)29-17-10-6-11-18(31)22(17)21(20)15-8-3-4-9-16(15)24(25,26)27/h3-5,7-9,12,21,29H,6,10-11H2,1-2H3,(H,28,30,32)/t21-/m0/s1. The van der Waals surface area contributed by atoms with E-state index in [9.17, 15) is 22.8 Å².